The van der Waals surface area contributed by atoms with Crippen molar-refractivity contribution in [2.75, 3.05) is 7.11 Å². The summed E-state index contributed by atoms with van der Waals surface area (Å²) in [5.41, 5.74) is 1.16. The Labute approximate surface area is 121 Å². The van der Waals surface area contributed by atoms with Gasteiger partial charge in [0.2, 0.25) is 0 Å². The first-order valence-corrected chi connectivity index (χ1v) is 6.47. The molecule has 6 nitrogen and oxygen atoms in total. The topological polar surface area (TPSA) is 86.5 Å². The van der Waals surface area contributed by atoms with E-state index >= 15 is 0 Å². The molecule has 21 heavy (non-hydrogen) atoms. The van der Waals surface area contributed by atoms with Crippen molar-refractivity contribution < 1.29 is 19.2 Å². The molecule has 0 N–H and O–H groups in total. The summed E-state index contributed by atoms with van der Waals surface area (Å²) in [6.07, 6.45) is 1.58. The lowest BCUT2D eigenvalue weighted by atomic mass is 9.74. The van der Waals surface area contributed by atoms with Crippen molar-refractivity contribution in [3.8, 4) is 0 Å². The zero-order chi connectivity index (χ0) is 15.6. The number of nitrogens with zero attached hydrogens (tertiary/aromatic N) is 1. The number of hydrogen-bond acceptors (Lipinski definition) is 5. The Kier molecular flexibility index (Phi) is 4.16. The molecule has 0 saturated heterocycles. The van der Waals surface area contributed by atoms with Crippen LogP contribution in [0.2, 0.25) is 0 Å². The number of nitro groups is 1. The van der Waals surface area contributed by atoms with Crippen LogP contribution in [0.25, 0.3) is 0 Å². The molecule has 1 aliphatic carbocycles. The molecule has 0 bridgehead atoms. The van der Waals surface area contributed by atoms with Gasteiger partial charge in [-0.1, -0.05) is 17.7 Å². The number of nitro benzene ring substituents is 1. The number of ketones is 1. The molecule has 0 aliphatic heterocycles. The lowest BCUT2D eigenvalue weighted by molar-refractivity contribution is -0.384. The van der Waals surface area contributed by atoms with Gasteiger partial charge < -0.3 is 4.74 Å². The zero-order valence-corrected chi connectivity index (χ0v) is 11.7. The fourth-order valence-electron chi connectivity index (χ4n) is 2.71. The van der Waals surface area contributed by atoms with Gasteiger partial charge in [-0.3, -0.25) is 19.7 Å². The number of hydrogen-bond donors (Lipinski definition) is 0. The molecule has 0 fully saturated rings. The quantitative estimate of drug-likeness (QED) is 0.484. The summed E-state index contributed by atoms with van der Waals surface area (Å²) in [6.45, 7) is 1.70. The summed E-state index contributed by atoms with van der Waals surface area (Å²) in [5, 5.41) is 10.9. The molecule has 0 amide bonds. The Morgan fingerprint density at radius 1 is 1.43 bits per heavy atom. The van der Waals surface area contributed by atoms with Gasteiger partial charge in [-0.05, 0) is 18.6 Å². The summed E-state index contributed by atoms with van der Waals surface area (Å²) < 4.78 is 4.80. The lowest BCUT2D eigenvalue weighted by Gasteiger charge is -2.28. The normalized spacial score (nSPS) is 21.6. The third-order valence-corrected chi connectivity index (χ3v) is 3.67. The molecule has 1 aromatic rings. The van der Waals surface area contributed by atoms with Gasteiger partial charge in [0.05, 0.1) is 18.0 Å². The maximum absolute atomic E-state index is 12.0. The fraction of sp³-hybridized carbons (Fsp3) is 0.333. The van der Waals surface area contributed by atoms with Gasteiger partial charge >= 0.3 is 5.97 Å². The number of esters is 1. The van der Waals surface area contributed by atoms with Gasteiger partial charge in [-0.2, -0.15) is 0 Å². The monoisotopic (exact) mass is 289 g/mol. The van der Waals surface area contributed by atoms with Crippen LogP contribution >= 0.6 is 0 Å². The second-order valence-electron chi connectivity index (χ2n) is 5.02. The lowest BCUT2D eigenvalue weighted by Crippen LogP contribution is -2.30. The van der Waals surface area contributed by atoms with Gasteiger partial charge in [0.25, 0.3) is 5.69 Å². The van der Waals surface area contributed by atoms with Crippen molar-refractivity contribution in [3.63, 3.8) is 0 Å². The van der Waals surface area contributed by atoms with Crippen LogP contribution in [0, 0.1) is 16.0 Å². The van der Waals surface area contributed by atoms with Crippen molar-refractivity contribution in [2.24, 2.45) is 5.92 Å². The van der Waals surface area contributed by atoms with Crippen LogP contribution in [0.4, 0.5) is 5.69 Å². The third-order valence-electron chi connectivity index (χ3n) is 3.67. The average Bonchev–Trinajstić information content (AvgIpc) is 2.45. The van der Waals surface area contributed by atoms with Crippen molar-refractivity contribution >= 4 is 17.4 Å². The van der Waals surface area contributed by atoms with E-state index < -0.39 is 22.7 Å². The molecular formula is C15H15NO5. The summed E-state index contributed by atoms with van der Waals surface area (Å²) in [5.74, 6) is -1.55. The number of ether oxygens (including phenoxy) is 1. The zero-order valence-electron chi connectivity index (χ0n) is 11.7. The molecule has 6 heteroatoms. The van der Waals surface area contributed by atoms with Crippen molar-refractivity contribution in [1.29, 1.82) is 0 Å². The molecule has 110 valence electrons. The van der Waals surface area contributed by atoms with E-state index in [-0.39, 0.29) is 17.9 Å². The first-order valence-electron chi connectivity index (χ1n) is 6.47. The van der Waals surface area contributed by atoms with E-state index in [1.54, 1.807) is 19.1 Å². The highest BCUT2D eigenvalue weighted by Gasteiger charge is 2.36. The maximum atomic E-state index is 12.0. The number of rotatable bonds is 3. The molecule has 0 radical (unpaired) electrons. The fourth-order valence-corrected chi connectivity index (χ4v) is 2.71. The molecule has 2 rings (SSSR count). The first-order chi connectivity index (χ1) is 9.93. The number of methoxy groups -OCH3 is 1. The van der Waals surface area contributed by atoms with Crippen LogP contribution in [0.1, 0.15) is 24.8 Å². The van der Waals surface area contributed by atoms with Crippen LogP contribution in [0.15, 0.2) is 35.9 Å². The minimum Gasteiger partial charge on any atom is -0.469 e. The van der Waals surface area contributed by atoms with Gasteiger partial charge in [0, 0.05) is 24.5 Å². The van der Waals surface area contributed by atoms with Crippen LogP contribution < -0.4 is 0 Å². The second-order valence-corrected chi connectivity index (χ2v) is 5.02. The number of benzene rings is 1. The predicted octanol–water partition coefficient (Wildman–Crippen LogP) is 2.39. The highest BCUT2D eigenvalue weighted by atomic mass is 16.6. The van der Waals surface area contributed by atoms with Gasteiger partial charge in [-0.25, -0.2) is 0 Å². The Balaban J connectivity index is 2.46. The number of non-ortho nitro benzene ring substituents is 1. The van der Waals surface area contributed by atoms with Crippen LogP contribution in [0.3, 0.4) is 0 Å². The number of carbonyl (C=O) groups excluding carboxylic acids is 2. The Morgan fingerprint density at radius 2 is 2.14 bits per heavy atom. The maximum Gasteiger partial charge on any atom is 0.313 e. The van der Waals surface area contributed by atoms with Crippen molar-refractivity contribution in [2.45, 2.75) is 19.3 Å². The summed E-state index contributed by atoms with van der Waals surface area (Å²) in [6, 6.07) is 6.04. The number of allylic oxidation sites excluding steroid dienone is 1. The Bertz CT molecular complexity index is 635. The highest BCUT2D eigenvalue weighted by molar-refractivity contribution is 5.95. The summed E-state index contributed by atoms with van der Waals surface area (Å²) in [4.78, 5) is 34.1. The van der Waals surface area contributed by atoms with E-state index in [1.165, 1.54) is 25.3 Å². The molecule has 0 heterocycles. The van der Waals surface area contributed by atoms with Crippen molar-refractivity contribution in [3.05, 3.63) is 51.6 Å². The molecule has 1 aromatic carbocycles. The Morgan fingerprint density at radius 3 is 2.76 bits per heavy atom. The predicted molar refractivity (Wildman–Crippen MR) is 74.7 cm³/mol. The van der Waals surface area contributed by atoms with E-state index in [0.717, 1.165) is 0 Å². The minimum atomic E-state index is -0.588. The SMILES string of the molecule is COC(=O)C1C(C)=CC(=O)CC1c1cccc([N+](=O)[O-])c1. The molecule has 0 saturated carbocycles. The summed E-state index contributed by atoms with van der Waals surface area (Å²) >= 11 is 0. The standard InChI is InChI=1S/C15H15NO5/c1-9-6-12(17)8-13(14(9)15(18)21-2)10-4-3-5-11(7-10)16(19)20/h3-7,13-14H,8H2,1-2H3. The molecule has 2 unspecified atom stereocenters. The van der Waals surface area contributed by atoms with E-state index in [1.807, 2.05) is 0 Å². The molecular weight excluding hydrogens is 274 g/mol. The molecule has 2 atom stereocenters. The van der Waals surface area contributed by atoms with E-state index in [0.29, 0.717) is 11.1 Å². The van der Waals surface area contributed by atoms with Crippen LogP contribution in [-0.2, 0) is 14.3 Å². The molecule has 1 aliphatic rings. The molecule has 0 aromatic heterocycles. The minimum absolute atomic E-state index is 0.0595. The Hall–Kier alpha value is -2.50. The summed E-state index contributed by atoms with van der Waals surface area (Å²) in [7, 11) is 1.29. The average molecular weight is 289 g/mol. The van der Waals surface area contributed by atoms with Gasteiger partial charge in [0.15, 0.2) is 5.78 Å². The van der Waals surface area contributed by atoms with Gasteiger partial charge in [-0.15, -0.1) is 0 Å². The second kappa shape index (κ2) is 5.87. The largest absolute Gasteiger partial charge is 0.469 e. The van der Waals surface area contributed by atoms with E-state index in [2.05, 4.69) is 0 Å². The van der Waals surface area contributed by atoms with E-state index in [4.69, 9.17) is 4.74 Å². The number of carbonyl (C=O) groups is 2. The van der Waals surface area contributed by atoms with E-state index in [9.17, 15) is 19.7 Å². The highest BCUT2D eigenvalue weighted by Crippen LogP contribution is 2.38. The van der Waals surface area contributed by atoms with Crippen LogP contribution in [0.5, 0.6) is 0 Å². The van der Waals surface area contributed by atoms with Crippen LogP contribution in [-0.4, -0.2) is 23.8 Å². The molecule has 0 spiro atoms. The van der Waals surface area contributed by atoms with Crippen molar-refractivity contribution in [1.82, 2.24) is 0 Å². The third kappa shape index (κ3) is 2.99. The van der Waals surface area contributed by atoms with Gasteiger partial charge in [0.1, 0.15) is 0 Å². The smallest absolute Gasteiger partial charge is 0.313 e. The first kappa shape index (κ1) is 14.9.